The average Bonchev–Trinajstić information content (AvgIpc) is 2.83. The highest BCUT2D eigenvalue weighted by Gasteiger charge is 2.19. The smallest absolute Gasteiger partial charge is 0.195 e. The lowest BCUT2D eigenvalue weighted by molar-refractivity contribution is 0.629. The number of benzene rings is 1. The van der Waals surface area contributed by atoms with E-state index < -0.39 is 0 Å². The molecule has 4 heteroatoms. The van der Waals surface area contributed by atoms with Gasteiger partial charge in [-0.05, 0) is 43.9 Å². The molecule has 86 valence electrons. The zero-order valence-corrected chi connectivity index (χ0v) is 10.1. The van der Waals surface area contributed by atoms with Crippen LogP contribution in [0, 0.1) is 5.82 Å². The topological polar surface area (TPSA) is 17.3 Å². The monoisotopic (exact) mass is 246 g/mol. The van der Waals surface area contributed by atoms with E-state index in [1.807, 2.05) is 6.07 Å². The van der Waals surface area contributed by atoms with Crippen molar-refractivity contribution in [3.8, 4) is 0 Å². The first-order valence-electron chi connectivity index (χ1n) is 5.91. The van der Waals surface area contributed by atoms with Gasteiger partial charge in [0.1, 0.15) is 5.82 Å². The first-order valence-corrected chi connectivity index (χ1v) is 6.73. The van der Waals surface area contributed by atoms with E-state index in [-0.39, 0.29) is 5.82 Å². The van der Waals surface area contributed by atoms with Crippen molar-refractivity contribution in [3.63, 3.8) is 0 Å². The molecular formula is C13H11FN2S. The summed E-state index contributed by atoms with van der Waals surface area (Å²) >= 11 is 1.58. The number of halogens is 1. The lowest BCUT2D eigenvalue weighted by Crippen LogP contribution is -2.03. The number of fused-ring (bicyclic) bond motifs is 5. The minimum atomic E-state index is -0.170. The van der Waals surface area contributed by atoms with E-state index in [1.54, 1.807) is 17.4 Å². The highest BCUT2D eigenvalue weighted by atomic mass is 32.1. The molecule has 1 aromatic carbocycles. The maximum Gasteiger partial charge on any atom is 0.195 e. The van der Waals surface area contributed by atoms with Crippen LogP contribution in [-0.4, -0.2) is 9.38 Å². The maximum atomic E-state index is 13.2. The van der Waals surface area contributed by atoms with Gasteiger partial charge < -0.3 is 0 Å². The molecule has 0 aliphatic heterocycles. The lowest BCUT2D eigenvalue weighted by Gasteiger charge is -2.10. The van der Waals surface area contributed by atoms with Gasteiger partial charge in [-0.25, -0.2) is 9.37 Å². The highest BCUT2D eigenvalue weighted by molar-refractivity contribution is 7.23. The first kappa shape index (κ1) is 9.59. The molecule has 3 aromatic rings. The summed E-state index contributed by atoms with van der Waals surface area (Å²) in [4.78, 5) is 5.69. The van der Waals surface area contributed by atoms with Crippen LogP contribution in [0.2, 0.25) is 0 Å². The number of hydrogen-bond donors (Lipinski definition) is 0. The van der Waals surface area contributed by atoms with E-state index in [0.717, 1.165) is 28.0 Å². The van der Waals surface area contributed by atoms with Gasteiger partial charge in [0.05, 0.1) is 15.9 Å². The third-order valence-corrected chi connectivity index (χ3v) is 4.47. The van der Waals surface area contributed by atoms with Crippen molar-refractivity contribution in [2.24, 2.45) is 0 Å². The first-order chi connectivity index (χ1) is 8.33. The van der Waals surface area contributed by atoms with Gasteiger partial charge in [-0.1, -0.05) is 11.3 Å². The largest absolute Gasteiger partial charge is 0.287 e. The van der Waals surface area contributed by atoms with Crippen LogP contribution in [0.25, 0.3) is 15.2 Å². The van der Waals surface area contributed by atoms with E-state index >= 15 is 0 Å². The summed E-state index contributed by atoms with van der Waals surface area (Å²) in [6.45, 7) is 0. The third-order valence-electron chi connectivity index (χ3n) is 3.47. The molecule has 0 radical (unpaired) electrons. The van der Waals surface area contributed by atoms with E-state index in [2.05, 4.69) is 9.38 Å². The Kier molecular flexibility index (Phi) is 1.86. The summed E-state index contributed by atoms with van der Waals surface area (Å²) in [5.41, 5.74) is 3.68. The standard InChI is InChI=1S/C13H11FN2S/c14-8-5-6-11-12(7-8)17-13-15-9-3-1-2-4-10(9)16(11)13/h5-7H,1-4H2. The molecule has 1 aliphatic carbocycles. The van der Waals surface area contributed by atoms with Crippen molar-refractivity contribution in [2.75, 3.05) is 0 Å². The Balaban J connectivity index is 2.14. The van der Waals surface area contributed by atoms with E-state index in [9.17, 15) is 4.39 Å². The van der Waals surface area contributed by atoms with Crippen molar-refractivity contribution >= 4 is 26.5 Å². The second-order valence-corrected chi connectivity index (χ2v) is 5.55. The molecule has 1 aliphatic rings. The lowest BCUT2D eigenvalue weighted by atomic mass is 10.0. The number of rotatable bonds is 0. The molecule has 2 heterocycles. The molecule has 2 nitrogen and oxygen atoms in total. The highest BCUT2D eigenvalue weighted by Crippen LogP contribution is 2.32. The summed E-state index contributed by atoms with van der Waals surface area (Å²) in [5.74, 6) is -0.170. The average molecular weight is 246 g/mol. The van der Waals surface area contributed by atoms with E-state index in [0.29, 0.717) is 0 Å². The van der Waals surface area contributed by atoms with Crippen LogP contribution in [0.1, 0.15) is 24.2 Å². The van der Waals surface area contributed by atoms with Crippen LogP contribution in [0.3, 0.4) is 0 Å². The SMILES string of the molecule is Fc1ccc2c(c1)sc1nc3c(n12)CCCC3. The summed E-state index contributed by atoms with van der Waals surface area (Å²) in [7, 11) is 0. The number of nitrogens with zero attached hydrogens (tertiary/aromatic N) is 2. The fraction of sp³-hybridized carbons (Fsp3) is 0.308. The Morgan fingerprint density at radius 1 is 1.24 bits per heavy atom. The molecule has 0 amide bonds. The Morgan fingerprint density at radius 3 is 3.06 bits per heavy atom. The molecule has 0 N–H and O–H groups in total. The number of hydrogen-bond acceptors (Lipinski definition) is 2. The van der Waals surface area contributed by atoms with Gasteiger partial charge in [0, 0.05) is 5.69 Å². The van der Waals surface area contributed by atoms with Crippen LogP contribution >= 0.6 is 11.3 Å². The van der Waals surface area contributed by atoms with Gasteiger partial charge in [0.2, 0.25) is 0 Å². The Hall–Kier alpha value is -1.42. The molecular weight excluding hydrogens is 235 g/mol. The van der Waals surface area contributed by atoms with Crippen LogP contribution in [0.5, 0.6) is 0 Å². The van der Waals surface area contributed by atoms with E-state index in [4.69, 9.17) is 0 Å². The molecule has 17 heavy (non-hydrogen) atoms. The molecule has 0 saturated carbocycles. The maximum absolute atomic E-state index is 13.2. The minimum Gasteiger partial charge on any atom is -0.287 e. The zero-order valence-electron chi connectivity index (χ0n) is 9.24. The molecule has 4 rings (SSSR count). The predicted octanol–water partition coefficient (Wildman–Crippen LogP) is 3.57. The second kappa shape index (κ2) is 3.29. The molecule has 0 saturated heterocycles. The Bertz CT molecular complexity index is 726. The Labute approximate surface area is 102 Å². The molecule has 2 aromatic heterocycles. The molecule has 0 spiro atoms. The van der Waals surface area contributed by atoms with Gasteiger partial charge in [-0.15, -0.1) is 0 Å². The fourth-order valence-corrected chi connectivity index (χ4v) is 3.77. The normalized spacial score (nSPS) is 15.6. The van der Waals surface area contributed by atoms with Crippen LogP contribution in [0.15, 0.2) is 18.2 Å². The summed E-state index contributed by atoms with van der Waals surface area (Å²) in [5, 5.41) is 0. The van der Waals surface area contributed by atoms with E-state index in [1.165, 1.54) is 30.3 Å². The second-order valence-electron chi connectivity index (χ2n) is 4.54. The minimum absolute atomic E-state index is 0.170. The summed E-state index contributed by atoms with van der Waals surface area (Å²) in [6, 6.07) is 5.00. The number of imidazole rings is 1. The molecule has 0 fully saturated rings. The van der Waals surface area contributed by atoms with Crippen LogP contribution < -0.4 is 0 Å². The van der Waals surface area contributed by atoms with Gasteiger partial charge in [-0.2, -0.15) is 0 Å². The summed E-state index contributed by atoms with van der Waals surface area (Å²) < 4.78 is 16.4. The van der Waals surface area contributed by atoms with Crippen molar-refractivity contribution in [1.29, 1.82) is 0 Å². The molecule has 0 atom stereocenters. The van der Waals surface area contributed by atoms with Crippen molar-refractivity contribution < 1.29 is 4.39 Å². The van der Waals surface area contributed by atoms with Crippen molar-refractivity contribution in [2.45, 2.75) is 25.7 Å². The predicted molar refractivity (Wildman–Crippen MR) is 67.2 cm³/mol. The van der Waals surface area contributed by atoms with Crippen LogP contribution in [0.4, 0.5) is 4.39 Å². The quantitative estimate of drug-likeness (QED) is 0.592. The summed E-state index contributed by atoms with van der Waals surface area (Å²) in [6.07, 6.45) is 4.66. The van der Waals surface area contributed by atoms with Gasteiger partial charge >= 0.3 is 0 Å². The van der Waals surface area contributed by atoms with Crippen molar-refractivity contribution in [3.05, 3.63) is 35.4 Å². The third kappa shape index (κ3) is 1.27. The molecule has 0 unspecified atom stereocenters. The fourth-order valence-electron chi connectivity index (χ4n) is 2.69. The number of aryl methyl sites for hydroxylation is 2. The van der Waals surface area contributed by atoms with Crippen LogP contribution in [-0.2, 0) is 12.8 Å². The molecule has 0 bridgehead atoms. The van der Waals surface area contributed by atoms with Gasteiger partial charge in [-0.3, -0.25) is 4.40 Å². The number of thiazole rings is 1. The number of aromatic nitrogens is 2. The Morgan fingerprint density at radius 2 is 2.12 bits per heavy atom. The van der Waals surface area contributed by atoms with Gasteiger partial charge in [0.15, 0.2) is 4.96 Å². The van der Waals surface area contributed by atoms with Crippen molar-refractivity contribution in [1.82, 2.24) is 9.38 Å². The zero-order chi connectivity index (χ0) is 11.4. The van der Waals surface area contributed by atoms with Gasteiger partial charge in [0.25, 0.3) is 0 Å².